The Morgan fingerprint density at radius 3 is 2.96 bits per heavy atom. The van der Waals surface area contributed by atoms with E-state index in [2.05, 4.69) is 11.1 Å². The lowest BCUT2D eigenvalue weighted by atomic mass is 10.0. The highest BCUT2D eigenvalue weighted by Crippen LogP contribution is 2.37. The first-order valence-electron chi connectivity index (χ1n) is 8.11. The molecule has 0 N–H and O–H groups in total. The first-order chi connectivity index (χ1) is 11.2. The number of imidazole rings is 1. The molecule has 5 nitrogen and oxygen atoms in total. The van der Waals surface area contributed by atoms with Crippen LogP contribution in [0.2, 0.25) is 0 Å². The van der Waals surface area contributed by atoms with Crippen LogP contribution < -0.4 is 4.74 Å². The van der Waals surface area contributed by atoms with E-state index in [0.717, 1.165) is 36.5 Å². The van der Waals surface area contributed by atoms with Crippen molar-refractivity contribution in [2.45, 2.75) is 38.8 Å². The third-order valence-corrected chi connectivity index (χ3v) is 4.56. The van der Waals surface area contributed by atoms with Gasteiger partial charge in [-0.2, -0.15) is 0 Å². The summed E-state index contributed by atoms with van der Waals surface area (Å²) in [6.45, 7) is 3.46. The van der Waals surface area contributed by atoms with Crippen molar-refractivity contribution in [3.63, 3.8) is 0 Å². The van der Waals surface area contributed by atoms with Crippen LogP contribution in [0.25, 0.3) is 0 Å². The smallest absolute Gasteiger partial charge is 0.224 e. The summed E-state index contributed by atoms with van der Waals surface area (Å²) >= 11 is 0. The number of rotatable bonds is 5. The number of likely N-dealkylation sites (tertiary alicyclic amines) is 1. The van der Waals surface area contributed by atoms with Crippen molar-refractivity contribution in [3.05, 3.63) is 48.0 Å². The maximum atomic E-state index is 12.7. The molecule has 3 rings (SSSR count). The number of aryl methyl sites for hydroxylation is 2. The molecule has 5 heteroatoms. The Hall–Kier alpha value is -2.30. The van der Waals surface area contributed by atoms with Gasteiger partial charge in [-0.25, -0.2) is 4.98 Å². The summed E-state index contributed by atoms with van der Waals surface area (Å²) in [6, 6.07) is 8.13. The van der Waals surface area contributed by atoms with Gasteiger partial charge in [-0.3, -0.25) is 4.79 Å². The molecule has 1 fully saturated rings. The van der Waals surface area contributed by atoms with Crippen LogP contribution in [0.3, 0.4) is 0 Å². The number of ether oxygens (including phenoxy) is 1. The van der Waals surface area contributed by atoms with Crippen LogP contribution in [0.5, 0.6) is 5.75 Å². The van der Waals surface area contributed by atoms with Crippen LogP contribution in [-0.2, 0) is 11.3 Å². The second-order valence-corrected chi connectivity index (χ2v) is 5.90. The highest BCUT2D eigenvalue weighted by molar-refractivity contribution is 5.77. The standard InChI is InChI=1S/C18H23N3O2/c1-14-19-10-13-20(14)12-9-18(22)21-11-5-7-16(21)15-6-3-4-8-17(15)23-2/h3-4,6,8,10,13,16H,5,7,9,11-12H2,1-2H3/t16-/m0/s1. The van der Waals surface area contributed by atoms with Crippen LogP contribution in [0.15, 0.2) is 36.7 Å². The highest BCUT2D eigenvalue weighted by atomic mass is 16.5. The largest absolute Gasteiger partial charge is 0.496 e. The summed E-state index contributed by atoms with van der Waals surface area (Å²) in [4.78, 5) is 18.9. The summed E-state index contributed by atoms with van der Waals surface area (Å²) in [5, 5.41) is 0. The van der Waals surface area contributed by atoms with Gasteiger partial charge >= 0.3 is 0 Å². The van der Waals surface area contributed by atoms with Crippen molar-refractivity contribution in [2.24, 2.45) is 0 Å². The Morgan fingerprint density at radius 2 is 2.22 bits per heavy atom. The maximum absolute atomic E-state index is 12.7. The summed E-state index contributed by atoms with van der Waals surface area (Å²) in [6.07, 6.45) is 6.23. The molecule has 0 aliphatic carbocycles. The van der Waals surface area contributed by atoms with Crippen LogP contribution >= 0.6 is 0 Å². The second-order valence-electron chi connectivity index (χ2n) is 5.90. The van der Waals surface area contributed by atoms with E-state index in [1.54, 1.807) is 13.3 Å². The average molecular weight is 313 g/mol. The summed E-state index contributed by atoms with van der Waals surface area (Å²) < 4.78 is 7.49. The van der Waals surface area contributed by atoms with Gasteiger partial charge in [-0.1, -0.05) is 18.2 Å². The van der Waals surface area contributed by atoms with Crippen LogP contribution in [0.4, 0.5) is 0 Å². The molecule has 2 aromatic rings. The molecule has 0 radical (unpaired) electrons. The lowest BCUT2D eigenvalue weighted by Gasteiger charge is -2.26. The molecule has 1 aliphatic heterocycles. The van der Waals surface area contributed by atoms with Gasteiger partial charge in [-0.15, -0.1) is 0 Å². The van der Waals surface area contributed by atoms with Crippen LogP contribution in [0, 0.1) is 6.92 Å². The molecule has 0 saturated carbocycles. The third-order valence-electron chi connectivity index (χ3n) is 4.56. The van der Waals surface area contributed by atoms with Gasteiger partial charge in [0.15, 0.2) is 0 Å². The maximum Gasteiger partial charge on any atom is 0.224 e. The predicted octanol–water partition coefficient (Wildman–Crippen LogP) is 2.95. The van der Waals surface area contributed by atoms with Crippen LogP contribution in [-0.4, -0.2) is 34.0 Å². The average Bonchev–Trinajstić information content (AvgIpc) is 3.21. The molecule has 0 unspecified atom stereocenters. The fraction of sp³-hybridized carbons (Fsp3) is 0.444. The summed E-state index contributed by atoms with van der Waals surface area (Å²) in [5.41, 5.74) is 1.11. The van der Waals surface area contributed by atoms with Crippen molar-refractivity contribution in [2.75, 3.05) is 13.7 Å². The molecule has 1 amide bonds. The van der Waals surface area contributed by atoms with E-state index >= 15 is 0 Å². The number of carbonyl (C=O) groups excluding carboxylic acids is 1. The van der Waals surface area contributed by atoms with Gasteiger partial charge < -0.3 is 14.2 Å². The van der Waals surface area contributed by atoms with Gasteiger partial charge in [0, 0.05) is 37.5 Å². The molecule has 122 valence electrons. The van der Waals surface area contributed by atoms with E-state index < -0.39 is 0 Å². The molecule has 0 bridgehead atoms. The number of hydrogen-bond donors (Lipinski definition) is 0. The zero-order valence-corrected chi connectivity index (χ0v) is 13.7. The monoisotopic (exact) mass is 313 g/mol. The molecule has 0 spiro atoms. The highest BCUT2D eigenvalue weighted by Gasteiger charge is 2.31. The Labute approximate surface area is 136 Å². The molecular formula is C18H23N3O2. The van der Waals surface area contributed by atoms with Crippen molar-refractivity contribution in [1.29, 1.82) is 0 Å². The topological polar surface area (TPSA) is 47.4 Å². The zero-order chi connectivity index (χ0) is 16.2. The number of para-hydroxylation sites is 1. The van der Waals surface area contributed by atoms with Crippen LogP contribution in [0.1, 0.15) is 36.7 Å². The molecule has 2 heterocycles. The van der Waals surface area contributed by atoms with E-state index in [1.165, 1.54) is 0 Å². The summed E-state index contributed by atoms with van der Waals surface area (Å²) in [7, 11) is 1.68. The zero-order valence-electron chi connectivity index (χ0n) is 13.7. The number of methoxy groups -OCH3 is 1. The number of hydrogen-bond acceptors (Lipinski definition) is 3. The number of nitrogens with zero attached hydrogens (tertiary/aromatic N) is 3. The van der Waals surface area contributed by atoms with E-state index in [0.29, 0.717) is 13.0 Å². The Balaban J connectivity index is 1.71. The first kappa shape index (κ1) is 15.6. The van der Waals surface area contributed by atoms with E-state index in [9.17, 15) is 4.79 Å². The van der Waals surface area contributed by atoms with Crippen molar-refractivity contribution in [1.82, 2.24) is 14.5 Å². The third kappa shape index (κ3) is 3.23. The molecular weight excluding hydrogens is 290 g/mol. The molecule has 1 atom stereocenters. The number of aromatic nitrogens is 2. The lowest BCUT2D eigenvalue weighted by molar-refractivity contribution is -0.132. The second kappa shape index (κ2) is 6.86. The lowest BCUT2D eigenvalue weighted by Crippen LogP contribution is -2.31. The minimum Gasteiger partial charge on any atom is -0.496 e. The van der Waals surface area contributed by atoms with Gasteiger partial charge in [0.25, 0.3) is 0 Å². The Morgan fingerprint density at radius 1 is 1.39 bits per heavy atom. The van der Waals surface area contributed by atoms with Gasteiger partial charge in [-0.05, 0) is 25.8 Å². The molecule has 1 aromatic carbocycles. The molecule has 1 aromatic heterocycles. The number of benzene rings is 1. The number of carbonyl (C=O) groups is 1. The normalized spacial score (nSPS) is 17.5. The minimum atomic E-state index is 0.127. The summed E-state index contributed by atoms with van der Waals surface area (Å²) in [5.74, 6) is 2.01. The number of amides is 1. The molecule has 1 aliphatic rings. The fourth-order valence-corrected chi connectivity index (χ4v) is 3.33. The van der Waals surface area contributed by atoms with Gasteiger partial charge in [0.1, 0.15) is 11.6 Å². The van der Waals surface area contributed by atoms with E-state index in [1.807, 2.05) is 40.8 Å². The Bertz CT molecular complexity index is 680. The SMILES string of the molecule is COc1ccccc1[C@@H]1CCCN1C(=O)CCn1ccnc1C. The Kier molecular flexibility index (Phi) is 4.65. The van der Waals surface area contributed by atoms with Gasteiger partial charge in [0.05, 0.1) is 13.2 Å². The first-order valence-corrected chi connectivity index (χ1v) is 8.11. The van der Waals surface area contributed by atoms with Crippen molar-refractivity contribution in [3.8, 4) is 5.75 Å². The predicted molar refractivity (Wildman–Crippen MR) is 88.3 cm³/mol. The fourth-order valence-electron chi connectivity index (χ4n) is 3.33. The minimum absolute atomic E-state index is 0.127. The molecule has 1 saturated heterocycles. The van der Waals surface area contributed by atoms with Crippen molar-refractivity contribution < 1.29 is 9.53 Å². The van der Waals surface area contributed by atoms with E-state index in [4.69, 9.17) is 4.74 Å². The van der Waals surface area contributed by atoms with E-state index in [-0.39, 0.29) is 11.9 Å². The van der Waals surface area contributed by atoms with Gasteiger partial charge in [0.2, 0.25) is 5.91 Å². The molecule has 23 heavy (non-hydrogen) atoms. The quantitative estimate of drug-likeness (QED) is 0.852. The van der Waals surface area contributed by atoms with Crippen molar-refractivity contribution >= 4 is 5.91 Å².